The molecule has 88 valence electrons. The van der Waals surface area contributed by atoms with Gasteiger partial charge in [-0.05, 0) is 18.4 Å². The van der Waals surface area contributed by atoms with Crippen LogP contribution in [0.5, 0.6) is 0 Å². The minimum atomic E-state index is -1.13. The van der Waals surface area contributed by atoms with E-state index in [1.54, 1.807) is 18.2 Å². The minimum absolute atomic E-state index is 0.205. The van der Waals surface area contributed by atoms with E-state index < -0.39 is 11.9 Å². The van der Waals surface area contributed by atoms with Crippen LogP contribution in [0, 0.1) is 0 Å². The van der Waals surface area contributed by atoms with Crippen LogP contribution in [0.1, 0.15) is 36.5 Å². The normalized spacial score (nSPS) is 8.81. The van der Waals surface area contributed by atoms with E-state index in [2.05, 4.69) is 0 Å². The van der Waals surface area contributed by atoms with Gasteiger partial charge in [-0.15, -0.1) is 0 Å². The van der Waals surface area contributed by atoms with Crippen molar-refractivity contribution in [1.82, 2.24) is 0 Å². The van der Waals surface area contributed by atoms with Crippen LogP contribution in [0.3, 0.4) is 0 Å². The van der Waals surface area contributed by atoms with Crippen molar-refractivity contribution < 1.29 is 19.8 Å². The maximum atomic E-state index is 10.1. The van der Waals surface area contributed by atoms with Crippen LogP contribution >= 0.6 is 0 Å². The fourth-order valence-electron chi connectivity index (χ4n) is 0.895. The van der Waals surface area contributed by atoms with Crippen molar-refractivity contribution in [3.63, 3.8) is 0 Å². The average Bonchev–Trinajstić information content (AvgIpc) is 2.28. The molecular weight excluding hydrogens is 208 g/mol. The van der Waals surface area contributed by atoms with Crippen LogP contribution in [-0.4, -0.2) is 11.9 Å². The van der Waals surface area contributed by atoms with Gasteiger partial charge in [0.05, 0.1) is 5.97 Å². The molecule has 0 bridgehead atoms. The number of benzene rings is 1. The highest BCUT2D eigenvalue weighted by molar-refractivity contribution is 5.85. The Kier molecular flexibility index (Phi) is 7.49. The third-order valence-electron chi connectivity index (χ3n) is 1.74. The summed E-state index contributed by atoms with van der Waals surface area (Å²) in [6.07, 6.45) is 1.87. The number of aliphatic carboxylic acids is 1. The summed E-state index contributed by atoms with van der Waals surface area (Å²) in [5.41, 5.74) is 0.220. The number of carbonyl (C=O) groups is 2. The molecule has 0 atom stereocenters. The van der Waals surface area contributed by atoms with Gasteiger partial charge in [-0.3, -0.25) is 0 Å². The van der Waals surface area contributed by atoms with Gasteiger partial charge in [-0.1, -0.05) is 43.7 Å². The lowest BCUT2D eigenvalue weighted by Crippen LogP contribution is -2.21. The van der Waals surface area contributed by atoms with Crippen LogP contribution in [0.4, 0.5) is 0 Å². The number of carboxylic acids is 2. The molecule has 1 aromatic rings. The summed E-state index contributed by atoms with van der Waals surface area (Å²) in [5, 5.41) is 19.7. The summed E-state index contributed by atoms with van der Waals surface area (Å²) in [6, 6.07) is 8.06. The first-order valence-corrected chi connectivity index (χ1v) is 5.04. The molecule has 4 nitrogen and oxygen atoms in total. The molecule has 0 radical (unpaired) electrons. The molecule has 1 aromatic carbocycles. The first-order valence-electron chi connectivity index (χ1n) is 5.04. The maximum Gasteiger partial charge on any atom is 0.0715 e. The van der Waals surface area contributed by atoms with Crippen molar-refractivity contribution in [2.24, 2.45) is 0 Å². The number of rotatable bonds is 4. The lowest BCUT2D eigenvalue weighted by molar-refractivity contribution is -0.305. The van der Waals surface area contributed by atoms with E-state index in [4.69, 9.17) is 0 Å². The largest absolute Gasteiger partial charge is 0.550 e. The van der Waals surface area contributed by atoms with E-state index in [0.717, 1.165) is 12.8 Å². The predicted octanol–water partition coefficient (Wildman–Crippen LogP) is -0.0234. The molecule has 0 unspecified atom stereocenters. The van der Waals surface area contributed by atoms with Crippen LogP contribution in [0.2, 0.25) is 0 Å². The van der Waals surface area contributed by atoms with Gasteiger partial charge in [0.25, 0.3) is 0 Å². The highest BCUT2D eigenvalue weighted by Gasteiger charge is 1.86. The highest BCUT2D eigenvalue weighted by Crippen LogP contribution is 1.94. The molecule has 0 spiro atoms. The van der Waals surface area contributed by atoms with Crippen molar-refractivity contribution in [2.45, 2.75) is 26.2 Å². The number of aromatic carboxylic acids is 1. The van der Waals surface area contributed by atoms with Crippen molar-refractivity contribution in [2.75, 3.05) is 0 Å². The van der Waals surface area contributed by atoms with E-state index in [0.29, 0.717) is 0 Å². The first-order chi connectivity index (χ1) is 7.57. The quantitative estimate of drug-likeness (QED) is 0.716. The lowest BCUT2D eigenvalue weighted by Gasteiger charge is -1.97. The zero-order valence-corrected chi connectivity index (χ0v) is 9.14. The van der Waals surface area contributed by atoms with Gasteiger partial charge in [-0.25, -0.2) is 0 Å². The number of carbonyl (C=O) groups excluding carboxylic acids is 2. The predicted molar refractivity (Wildman–Crippen MR) is 55.3 cm³/mol. The second-order valence-corrected chi connectivity index (χ2v) is 3.13. The van der Waals surface area contributed by atoms with E-state index in [1.165, 1.54) is 12.1 Å². The van der Waals surface area contributed by atoms with E-state index in [1.807, 2.05) is 6.92 Å². The summed E-state index contributed by atoms with van der Waals surface area (Å²) in [5.74, 6) is -2.07. The smallest absolute Gasteiger partial charge is 0.0715 e. The van der Waals surface area contributed by atoms with Crippen LogP contribution in [0.15, 0.2) is 30.3 Å². The molecule has 0 amide bonds. The van der Waals surface area contributed by atoms with Gasteiger partial charge >= 0.3 is 0 Å². The molecule has 0 aliphatic rings. The van der Waals surface area contributed by atoms with Gasteiger partial charge in [0.2, 0.25) is 0 Å². The third kappa shape index (κ3) is 7.55. The average molecular weight is 222 g/mol. The van der Waals surface area contributed by atoms with E-state index in [9.17, 15) is 19.8 Å². The van der Waals surface area contributed by atoms with Gasteiger partial charge in [0, 0.05) is 5.97 Å². The van der Waals surface area contributed by atoms with Crippen molar-refractivity contribution >= 4 is 11.9 Å². The molecule has 0 N–H and O–H groups in total. The molecule has 0 heterocycles. The van der Waals surface area contributed by atoms with Crippen LogP contribution < -0.4 is 10.2 Å². The Labute approximate surface area is 94.5 Å². The Bertz CT molecular complexity index is 319. The SMILES string of the molecule is CCCCC(=O)[O-].O=C([O-])c1ccccc1. The topological polar surface area (TPSA) is 80.3 Å². The first kappa shape index (κ1) is 14.2. The molecule has 4 heteroatoms. The summed E-state index contributed by atoms with van der Waals surface area (Å²) in [7, 11) is 0. The van der Waals surface area contributed by atoms with Crippen LogP contribution in [-0.2, 0) is 4.79 Å². The number of hydrogen-bond donors (Lipinski definition) is 0. The minimum Gasteiger partial charge on any atom is -0.550 e. The summed E-state index contributed by atoms with van der Waals surface area (Å²) < 4.78 is 0. The third-order valence-corrected chi connectivity index (χ3v) is 1.74. The maximum absolute atomic E-state index is 10.1. The number of unbranched alkanes of at least 4 members (excludes halogenated alkanes) is 1. The number of carboxylic acid groups (broad SMARTS) is 2. The van der Waals surface area contributed by atoms with Gasteiger partial charge in [0.15, 0.2) is 0 Å². The summed E-state index contributed by atoms with van der Waals surface area (Å²) in [4.78, 5) is 19.7. The van der Waals surface area contributed by atoms with E-state index >= 15 is 0 Å². The second-order valence-electron chi connectivity index (χ2n) is 3.13. The van der Waals surface area contributed by atoms with Crippen molar-refractivity contribution in [3.8, 4) is 0 Å². The molecule has 0 fully saturated rings. The molecule has 0 aromatic heterocycles. The zero-order valence-electron chi connectivity index (χ0n) is 9.14. The molecule has 16 heavy (non-hydrogen) atoms. The molecular formula is C12H14O4-2. The van der Waals surface area contributed by atoms with Gasteiger partial charge < -0.3 is 19.8 Å². The van der Waals surface area contributed by atoms with Crippen molar-refractivity contribution in [1.29, 1.82) is 0 Å². The fraction of sp³-hybridized carbons (Fsp3) is 0.333. The standard InChI is InChI=1S/C7H6O2.C5H10O2/c8-7(9)6-4-2-1-3-5-6;1-2-3-4-5(6)7/h1-5H,(H,8,9);2-4H2,1H3,(H,6,7)/p-2. The lowest BCUT2D eigenvalue weighted by atomic mass is 10.2. The monoisotopic (exact) mass is 222 g/mol. The van der Waals surface area contributed by atoms with Gasteiger partial charge in [0.1, 0.15) is 0 Å². The molecule has 0 saturated carbocycles. The molecule has 1 rings (SSSR count). The zero-order chi connectivity index (χ0) is 12.4. The summed E-state index contributed by atoms with van der Waals surface area (Å²) in [6.45, 7) is 1.95. The Morgan fingerprint density at radius 2 is 1.69 bits per heavy atom. The Morgan fingerprint density at radius 1 is 1.12 bits per heavy atom. The highest BCUT2D eigenvalue weighted by atomic mass is 16.4. The summed E-state index contributed by atoms with van der Waals surface area (Å²) >= 11 is 0. The molecule has 0 aliphatic heterocycles. The Morgan fingerprint density at radius 3 is 1.94 bits per heavy atom. The second kappa shape index (κ2) is 8.47. The number of hydrogen-bond acceptors (Lipinski definition) is 4. The van der Waals surface area contributed by atoms with Gasteiger partial charge in [-0.2, -0.15) is 0 Å². The van der Waals surface area contributed by atoms with Crippen molar-refractivity contribution in [3.05, 3.63) is 35.9 Å². The molecule has 0 aliphatic carbocycles. The molecule has 0 saturated heterocycles. The Hall–Kier alpha value is -1.84. The van der Waals surface area contributed by atoms with E-state index in [-0.39, 0.29) is 12.0 Å². The van der Waals surface area contributed by atoms with Crippen LogP contribution in [0.25, 0.3) is 0 Å². The fourth-order valence-corrected chi connectivity index (χ4v) is 0.895. The Balaban J connectivity index is 0.000000293.